The van der Waals surface area contributed by atoms with Gasteiger partial charge in [0.25, 0.3) is 5.91 Å². The maximum absolute atomic E-state index is 12.7. The summed E-state index contributed by atoms with van der Waals surface area (Å²) in [6, 6.07) is 1.76. The minimum Gasteiger partial charge on any atom is -0.381 e. The molecule has 0 N–H and O–H groups in total. The molecular weight excluding hydrogens is 300 g/mol. The molecule has 22 heavy (non-hydrogen) atoms. The number of aromatic nitrogens is 3. The number of ether oxygens (including phenoxy) is 1. The highest BCUT2D eigenvalue weighted by Gasteiger charge is 2.26. The summed E-state index contributed by atoms with van der Waals surface area (Å²) in [4.78, 5) is 28.1. The van der Waals surface area contributed by atoms with E-state index in [0.29, 0.717) is 15.7 Å². The van der Waals surface area contributed by atoms with Crippen LogP contribution in [0.5, 0.6) is 0 Å². The fourth-order valence-corrected chi connectivity index (χ4v) is 3.52. The molecule has 0 spiro atoms. The average molecular weight is 318 g/mol. The van der Waals surface area contributed by atoms with Gasteiger partial charge < -0.3 is 9.64 Å². The SMILES string of the molecule is COC1CCN(C(=O)c2sc(-c3ncccn3)nc2C)CC1. The minimum atomic E-state index is 0.0479. The Hall–Kier alpha value is -1.86. The first kappa shape index (κ1) is 15.1. The van der Waals surface area contributed by atoms with Crippen molar-refractivity contribution >= 4 is 17.2 Å². The Bertz CT molecular complexity index is 651. The molecule has 3 rings (SSSR count). The van der Waals surface area contributed by atoms with Gasteiger partial charge in [0, 0.05) is 32.6 Å². The van der Waals surface area contributed by atoms with Gasteiger partial charge in [-0.15, -0.1) is 11.3 Å². The fraction of sp³-hybridized carbons (Fsp3) is 0.467. The third-order valence-electron chi connectivity index (χ3n) is 3.81. The van der Waals surface area contributed by atoms with Crippen molar-refractivity contribution in [3.05, 3.63) is 29.0 Å². The predicted molar refractivity (Wildman–Crippen MR) is 83.8 cm³/mol. The molecule has 2 aromatic rings. The van der Waals surface area contributed by atoms with Crippen molar-refractivity contribution in [2.75, 3.05) is 20.2 Å². The van der Waals surface area contributed by atoms with Crippen molar-refractivity contribution in [3.8, 4) is 10.8 Å². The number of rotatable bonds is 3. The van der Waals surface area contributed by atoms with Gasteiger partial charge in [0.05, 0.1) is 11.8 Å². The maximum atomic E-state index is 12.7. The lowest BCUT2D eigenvalue weighted by Gasteiger charge is -2.30. The van der Waals surface area contributed by atoms with E-state index in [1.807, 2.05) is 11.8 Å². The number of carbonyl (C=O) groups is 1. The van der Waals surface area contributed by atoms with E-state index < -0.39 is 0 Å². The molecule has 3 heterocycles. The van der Waals surface area contributed by atoms with Gasteiger partial charge in [0.2, 0.25) is 0 Å². The van der Waals surface area contributed by atoms with Crippen molar-refractivity contribution in [1.29, 1.82) is 0 Å². The third-order valence-corrected chi connectivity index (χ3v) is 4.95. The van der Waals surface area contributed by atoms with Gasteiger partial charge in [-0.25, -0.2) is 15.0 Å². The first-order valence-electron chi connectivity index (χ1n) is 7.26. The maximum Gasteiger partial charge on any atom is 0.265 e. The normalized spacial score (nSPS) is 16.0. The van der Waals surface area contributed by atoms with Crippen molar-refractivity contribution < 1.29 is 9.53 Å². The highest BCUT2D eigenvalue weighted by Crippen LogP contribution is 2.27. The summed E-state index contributed by atoms with van der Waals surface area (Å²) in [5.41, 5.74) is 0.742. The molecule has 0 atom stereocenters. The monoisotopic (exact) mass is 318 g/mol. The fourth-order valence-electron chi connectivity index (χ4n) is 2.54. The number of hydrogen-bond acceptors (Lipinski definition) is 6. The number of aryl methyl sites for hydroxylation is 1. The summed E-state index contributed by atoms with van der Waals surface area (Å²) < 4.78 is 5.35. The molecule has 1 fully saturated rings. The lowest BCUT2D eigenvalue weighted by atomic mass is 10.1. The molecule has 1 aliphatic rings. The van der Waals surface area contributed by atoms with Gasteiger partial charge in [0.1, 0.15) is 4.88 Å². The number of amides is 1. The van der Waals surface area contributed by atoms with Crippen LogP contribution in [0, 0.1) is 6.92 Å². The minimum absolute atomic E-state index is 0.0479. The molecule has 0 bridgehead atoms. The highest BCUT2D eigenvalue weighted by molar-refractivity contribution is 7.17. The van der Waals surface area contributed by atoms with Crippen molar-refractivity contribution in [2.45, 2.75) is 25.9 Å². The summed E-state index contributed by atoms with van der Waals surface area (Å²) in [6.45, 7) is 3.32. The lowest BCUT2D eigenvalue weighted by molar-refractivity contribution is 0.0353. The molecule has 7 heteroatoms. The van der Waals surface area contributed by atoms with Crippen LogP contribution in [0.4, 0.5) is 0 Å². The van der Waals surface area contributed by atoms with Gasteiger partial charge in [0.15, 0.2) is 10.8 Å². The van der Waals surface area contributed by atoms with E-state index in [4.69, 9.17) is 4.74 Å². The Labute approximate surface area is 133 Å². The van der Waals surface area contributed by atoms with E-state index in [1.165, 1.54) is 11.3 Å². The Kier molecular flexibility index (Phi) is 4.44. The molecule has 1 aliphatic heterocycles. The van der Waals surface area contributed by atoms with E-state index in [2.05, 4.69) is 15.0 Å². The molecular formula is C15H18N4O2S. The largest absolute Gasteiger partial charge is 0.381 e. The van der Waals surface area contributed by atoms with Crippen LogP contribution in [0.25, 0.3) is 10.8 Å². The molecule has 6 nitrogen and oxygen atoms in total. The highest BCUT2D eigenvalue weighted by atomic mass is 32.1. The van der Waals surface area contributed by atoms with Gasteiger partial charge in [-0.3, -0.25) is 4.79 Å². The van der Waals surface area contributed by atoms with Crippen LogP contribution in [0.1, 0.15) is 28.2 Å². The summed E-state index contributed by atoms with van der Waals surface area (Å²) >= 11 is 1.36. The van der Waals surface area contributed by atoms with E-state index >= 15 is 0 Å². The van der Waals surface area contributed by atoms with Crippen molar-refractivity contribution in [2.24, 2.45) is 0 Å². The molecule has 0 radical (unpaired) electrons. The second kappa shape index (κ2) is 6.50. The molecule has 0 saturated carbocycles. The summed E-state index contributed by atoms with van der Waals surface area (Å²) in [5, 5.41) is 0.688. The quantitative estimate of drug-likeness (QED) is 0.867. The van der Waals surface area contributed by atoms with Crippen molar-refractivity contribution in [1.82, 2.24) is 19.9 Å². The van der Waals surface area contributed by atoms with E-state index in [9.17, 15) is 4.79 Å². The number of thiazole rings is 1. The molecule has 116 valence electrons. The van der Waals surface area contributed by atoms with E-state index in [-0.39, 0.29) is 12.0 Å². The molecule has 0 aromatic carbocycles. The zero-order valence-electron chi connectivity index (χ0n) is 12.7. The Balaban J connectivity index is 1.78. The molecule has 0 aliphatic carbocycles. The number of methoxy groups -OCH3 is 1. The van der Waals surface area contributed by atoms with Crippen LogP contribution in [0.2, 0.25) is 0 Å². The number of piperidine rings is 1. The van der Waals surface area contributed by atoms with Crippen molar-refractivity contribution in [3.63, 3.8) is 0 Å². The number of likely N-dealkylation sites (tertiary alicyclic amines) is 1. The van der Waals surface area contributed by atoms with Gasteiger partial charge in [-0.1, -0.05) is 0 Å². The van der Waals surface area contributed by atoms with E-state index in [0.717, 1.165) is 31.6 Å². The molecule has 1 amide bonds. The standard InChI is InChI=1S/C15H18N4O2S/c1-10-12(15(20)19-8-4-11(21-2)5-9-19)22-14(18-10)13-16-6-3-7-17-13/h3,6-7,11H,4-5,8-9H2,1-2H3. The molecule has 0 unspecified atom stereocenters. The first-order valence-corrected chi connectivity index (χ1v) is 8.07. The topological polar surface area (TPSA) is 68.2 Å². The van der Waals surface area contributed by atoms with Gasteiger partial charge >= 0.3 is 0 Å². The van der Waals surface area contributed by atoms with Crippen LogP contribution in [0.15, 0.2) is 18.5 Å². The Morgan fingerprint density at radius 1 is 1.32 bits per heavy atom. The molecule has 1 saturated heterocycles. The number of nitrogens with zero attached hydrogens (tertiary/aromatic N) is 4. The number of carbonyl (C=O) groups excluding carboxylic acids is 1. The van der Waals surface area contributed by atoms with Gasteiger partial charge in [-0.05, 0) is 25.8 Å². The second-order valence-corrected chi connectivity index (χ2v) is 6.23. The number of hydrogen-bond donors (Lipinski definition) is 0. The zero-order valence-corrected chi connectivity index (χ0v) is 13.5. The Morgan fingerprint density at radius 3 is 2.64 bits per heavy atom. The predicted octanol–water partition coefficient (Wildman–Crippen LogP) is 2.16. The Morgan fingerprint density at radius 2 is 2.00 bits per heavy atom. The van der Waals surface area contributed by atoms with E-state index in [1.54, 1.807) is 25.6 Å². The summed E-state index contributed by atoms with van der Waals surface area (Å²) in [5.74, 6) is 0.611. The smallest absolute Gasteiger partial charge is 0.265 e. The summed E-state index contributed by atoms with van der Waals surface area (Å²) in [7, 11) is 1.72. The average Bonchev–Trinajstić information content (AvgIpc) is 2.97. The third kappa shape index (κ3) is 3.00. The second-order valence-electron chi connectivity index (χ2n) is 5.23. The first-order chi connectivity index (χ1) is 10.7. The van der Waals surface area contributed by atoms with Crippen LogP contribution in [0.3, 0.4) is 0 Å². The molecule has 2 aromatic heterocycles. The zero-order chi connectivity index (χ0) is 15.5. The lowest BCUT2D eigenvalue weighted by Crippen LogP contribution is -2.40. The van der Waals surface area contributed by atoms with Gasteiger partial charge in [-0.2, -0.15) is 0 Å². The van der Waals surface area contributed by atoms with Crippen LogP contribution in [-0.4, -0.2) is 52.1 Å². The van der Waals surface area contributed by atoms with Crippen LogP contribution in [-0.2, 0) is 4.74 Å². The van der Waals surface area contributed by atoms with Crippen LogP contribution >= 0.6 is 11.3 Å². The summed E-state index contributed by atoms with van der Waals surface area (Å²) in [6.07, 6.45) is 5.38. The van der Waals surface area contributed by atoms with Crippen LogP contribution < -0.4 is 0 Å².